The molecule has 0 radical (unpaired) electrons. The number of rotatable bonds is 8. The molecule has 4 heterocycles. The molecule has 0 bridgehead atoms. The van der Waals surface area contributed by atoms with E-state index in [2.05, 4.69) is 50.1 Å². The molecule has 214 valence electrons. The van der Waals surface area contributed by atoms with Crippen LogP contribution in [0, 0.1) is 0 Å². The number of aromatic nitrogens is 4. The van der Waals surface area contributed by atoms with Crippen LogP contribution in [0.2, 0.25) is 0 Å². The summed E-state index contributed by atoms with van der Waals surface area (Å²) in [5.74, 6) is 2.28. The summed E-state index contributed by atoms with van der Waals surface area (Å²) in [6, 6.07) is 15.0. The minimum Gasteiger partial charge on any atom is -0.343 e. The number of halogens is 1. The van der Waals surface area contributed by atoms with Crippen LogP contribution in [0.25, 0.3) is 11.0 Å². The van der Waals surface area contributed by atoms with Gasteiger partial charge in [-0.1, -0.05) is 43.2 Å². The van der Waals surface area contributed by atoms with E-state index in [1.54, 1.807) is 25.2 Å². The van der Waals surface area contributed by atoms with Crippen LogP contribution in [-0.2, 0) is 12.4 Å². The monoisotopic (exact) mass is 571 g/mol. The van der Waals surface area contributed by atoms with Crippen molar-refractivity contribution in [2.24, 2.45) is 0 Å². The number of hydrogen-bond acceptors (Lipinski definition) is 6. The van der Waals surface area contributed by atoms with Gasteiger partial charge in [0.15, 0.2) is 0 Å². The van der Waals surface area contributed by atoms with Gasteiger partial charge in [-0.05, 0) is 73.5 Å². The van der Waals surface area contributed by atoms with E-state index in [0.29, 0.717) is 23.4 Å². The van der Waals surface area contributed by atoms with Gasteiger partial charge in [0.25, 0.3) is 5.91 Å². The lowest BCUT2D eigenvalue weighted by Crippen LogP contribution is -2.32. The van der Waals surface area contributed by atoms with Gasteiger partial charge in [0, 0.05) is 50.3 Å². The number of anilines is 2. The highest BCUT2D eigenvalue weighted by molar-refractivity contribution is 6.17. The third-order valence-corrected chi connectivity index (χ3v) is 8.87. The Balaban J connectivity index is 1.11. The van der Waals surface area contributed by atoms with E-state index in [9.17, 15) is 4.79 Å². The van der Waals surface area contributed by atoms with Gasteiger partial charge >= 0.3 is 0 Å². The predicted molar refractivity (Wildman–Crippen MR) is 164 cm³/mol. The van der Waals surface area contributed by atoms with Crippen molar-refractivity contribution in [2.75, 3.05) is 32.5 Å². The van der Waals surface area contributed by atoms with Crippen molar-refractivity contribution in [1.29, 1.82) is 0 Å². The van der Waals surface area contributed by atoms with Gasteiger partial charge in [0.2, 0.25) is 5.95 Å². The molecule has 9 heteroatoms. The molecular weight excluding hydrogens is 534 g/mol. The molecule has 2 aliphatic rings. The molecule has 1 saturated carbocycles. The average molecular weight is 572 g/mol. The number of amides is 1. The van der Waals surface area contributed by atoms with Crippen molar-refractivity contribution in [3.05, 3.63) is 77.2 Å². The lowest BCUT2D eigenvalue weighted by atomic mass is 9.90. The summed E-state index contributed by atoms with van der Waals surface area (Å²) < 4.78 is 2.13. The van der Waals surface area contributed by atoms with Crippen LogP contribution >= 0.6 is 11.6 Å². The molecule has 1 aromatic carbocycles. The molecule has 1 N–H and O–H groups in total. The number of likely N-dealkylation sites (tertiary alicyclic amines) is 1. The van der Waals surface area contributed by atoms with Crippen molar-refractivity contribution < 1.29 is 4.79 Å². The van der Waals surface area contributed by atoms with Gasteiger partial charge in [0.1, 0.15) is 17.2 Å². The van der Waals surface area contributed by atoms with Gasteiger partial charge in [-0.15, -0.1) is 11.6 Å². The molecule has 1 amide bonds. The topological polar surface area (TPSA) is 79.2 Å². The second-order valence-electron chi connectivity index (χ2n) is 11.6. The van der Waals surface area contributed by atoms with Crippen molar-refractivity contribution >= 4 is 40.3 Å². The zero-order valence-corrected chi connectivity index (χ0v) is 24.6. The largest absolute Gasteiger partial charge is 0.343 e. The molecule has 4 aromatic rings. The molecule has 0 atom stereocenters. The smallest absolute Gasteiger partial charge is 0.270 e. The number of hydrogen-bond donors (Lipinski definition) is 1. The van der Waals surface area contributed by atoms with E-state index in [1.807, 2.05) is 18.3 Å². The molecule has 1 aliphatic heterocycles. The Morgan fingerprint density at radius 3 is 2.37 bits per heavy atom. The zero-order valence-electron chi connectivity index (χ0n) is 23.9. The normalized spacial score (nSPS) is 16.9. The summed E-state index contributed by atoms with van der Waals surface area (Å²) in [6.07, 6.45) is 10.5. The quantitative estimate of drug-likeness (QED) is 0.243. The fourth-order valence-corrected chi connectivity index (χ4v) is 6.42. The Hall–Kier alpha value is -3.49. The van der Waals surface area contributed by atoms with Crippen molar-refractivity contribution in [3.8, 4) is 0 Å². The SMILES string of the molecule is CN(C)C(=O)c1cc2cnc(Nc3ccc(C4CCN(Cc5ccc(CCl)cc5)CC4)cn3)nc2n1C1CCCC1. The van der Waals surface area contributed by atoms with Crippen LogP contribution in [0.5, 0.6) is 0 Å². The minimum atomic E-state index is -0.00609. The number of fused-ring (bicyclic) bond motifs is 1. The van der Waals surface area contributed by atoms with Crippen LogP contribution in [0.15, 0.2) is 54.9 Å². The molecule has 0 unspecified atom stereocenters. The van der Waals surface area contributed by atoms with Crippen molar-refractivity contribution in [1.82, 2.24) is 29.3 Å². The molecular formula is C32H38ClN7O. The molecule has 8 nitrogen and oxygen atoms in total. The zero-order chi connectivity index (χ0) is 28.3. The Morgan fingerprint density at radius 1 is 0.976 bits per heavy atom. The first kappa shape index (κ1) is 27.7. The number of pyridine rings is 1. The second kappa shape index (κ2) is 12.2. The average Bonchev–Trinajstić information content (AvgIpc) is 3.66. The first-order valence-corrected chi connectivity index (χ1v) is 15.2. The first-order valence-electron chi connectivity index (χ1n) is 14.7. The number of benzene rings is 1. The lowest BCUT2D eigenvalue weighted by molar-refractivity contribution is 0.0815. The fourth-order valence-electron chi connectivity index (χ4n) is 6.25. The van der Waals surface area contributed by atoms with Gasteiger partial charge < -0.3 is 14.8 Å². The maximum absolute atomic E-state index is 13.0. The van der Waals surface area contributed by atoms with Crippen LogP contribution in [-0.4, -0.2) is 62.4 Å². The third-order valence-electron chi connectivity index (χ3n) is 8.56. The van der Waals surface area contributed by atoms with Crippen molar-refractivity contribution in [2.45, 2.75) is 62.9 Å². The van der Waals surface area contributed by atoms with Crippen LogP contribution in [0.4, 0.5) is 11.8 Å². The predicted octanol–water partition coefficient (Wildman–Crippen LogP) is 6.51. The Morgan fingerprint density at radius 2 is 1.71 bits per heavy atom. The minimum absolute atomic E-state index is 0.00609. The first-order chi connectivity index (χ1) is 20.0. The molecule has 2 fully saturated rings. The summed E-state index contributed by atoms with van der Waals surface area (Å²) >= 11 is 5.93. The number of alkyl halides is 1. The number of nitrogens with zero attached hydrogens (tertiary/aromatic N) is 6. The highest BCUT2D eigenvalue weighted by atomic mass is 35.5. The lowest BCUT2D eigenvalue weighted by Gasteiger charge is -2.32. The summed E-state index contributed by atoms with van der Waals surface area (Å²) in [4.78, 5) is 31.2. The van der Waals surface area contributed by atoms with E-state index in [1.165, 1.54) is 24.0 Å². The summed E-state index contributed by atoms with van der Waals surface area (Å²) in [5, 5.41) is 4.17. The van der Waals surface area contributed by atoms with Gasteiger partial charge in [0.05, 0.1) is 0 Å². The van der Waals surface area contributed by atoms with Crippen LogP contribution in [0.1, 0.15) is 77.7 Å². The number of piperidine rings is 1. The van der Waals surface area contributed by atoms with Gasteiger partial charge in [-0.2, -0.15) is 4.98 Å². The van der Waals surface area contributed by atoms with E-state index < -0.39 is 0 Å². The van der Waals surface area contributed by atoms with E-state index in [4.69, 9.17) is 21.6 Å². The number of nitrogens with one attached hydrogen (secondary N) is 1. The maximum atomic E-state index is 13.0. The Labute approximate surface area is 246 Å². The van der Waals surface area contributed by atoms with E-state index in [0.717, 1.165) is 67.7 Å². The third kappa shape index (κ3) is 6.09. The molecule has 41 heavy (non-hydrogen) atoms. The maximum Gasteiger partial charge on any atom is 0.270 e. The molecule has 3 aromatic heterocycles. The summed E-state index contributed by atoms with van der Waals surface area (Å²) in [6.45, 7) is 3.14. The highest BCUT2D eigenvalue weighted by Gasteiger charge is 2.27. The highest BCUT2D eigenvalue weighted by Crippen LogP contribution is 2.35. The van der Waals surface area contributed by atoms with Crippen molar-refractivity contribution in [3.63, 3.8) is 0 Å². The summed E-state index contributed by atoms with van der Waals surface area (Å²) in [5.41, 5.74) is 5.26. The number of carbonyl (C=O) groups excluding carboxylic acids is 1. The van der Waals surface area contributed by atoms with Crippen LogP contribution < -0.4 is 5.32 Å². The number of carbonyl (C=O) groups is 1. The molecule has 1 saturated heterocycles. The van der Waals surface area contributed by atoms with Gasteiger partial charge in [-0.3, -0.25) is 9.69 Å². The molecule has 1 aliphatic carbocycles. The van der Waals surface area contributed by atoms with E-state index in [-0.39, 0.29) is 11.9 Å². The standard InChI is InChI=1S/C32H38ClN7O/c1-38(2)31(41)28-17-26-20-35-32(37-30(26)40(28)27-5-3-4-6-27)36-29-12-11-25(19-34-29)24-13-15-39(16-14-24)21-23-9-7-22(18-33)8-10-23/h7-12,17,19-20,24,27H,3-6,13-16,18,21H2,1-2H3,(H,34,35,36,37). The second-order valence-corrected chi connectivity index (χ2v) is 11.9. The molecule has 0 spiro atoms. The summed E-state index contributed by atoms with van der Waals surface area (Å²) in [7, 11) is 3.58. The van der Waals surface area contributed by atoms with Gasteiger partial charge in [-0.25, -0.2) is 9.97 Å². The Kier molecular flexibility index (Phi) is 8.21. The molecule has 6 rings (SSSR count). The fraction of sp³-hybridized carbons (Fsp3) is 0.438. The van der Waals surface area contributed by atoms with Crippen LogP contribution in [0.3, 0.4) is 0 Å². The Bertz CT molecular complexity index is 1490. The van der Waals surface area contributed by atoms with E-state index >= 15 is 0 Å².